The van der Waals surface area contributed by atoms with E-state index in [4.69, 9.17) is 0 Å². The van der Waals surface area contributed by atoms with Crippen molar-refractivity contribution >= 4 is 33.2 Å². The van der Waals surface area contributed by atoms with E-state index in [0.717, 1.165) is 40.3 Å². The van der Waals surface area contributed by atoms with Crippen LogP contribution in [-0.4, -0.2) is 25.5 Å². The molecule has 2 rings (SSSR count). The second kappa shape index (κ2) is 5.29. The Kier molecular flexibility index (Phi) is 4.00. The fraction of sp³-hybridized carbons (Fsp3) is 0.545. The summed E-state index contributed by atoms with van der Waals surface area (Å²) >= 11 is 4.92. The lowest BCUT2D eigenvalue weighted by atomic mass is 10.1. The van der Waals surface area contributed by atoms with Gasteiger partial charge in [0.05, 0.1) is 8.66 Å². The number of amides is 1. The molecular weight excluding hydrogens is 288 g/mol. The largest absolute Gasteiger partial charge is 0.351 e. The molecule has 16 heavy (non-hydrogen) atoms. The van der Waals surface area contributed by atoms with Gasteiger partial charge in [-0.2, -0.15) is 0 Å². The standard InChI is InChI=1S/C11H15BrN2OS/c1-7-4-9(16-10(7)12)11(15)14-6-8-2-3-13-5-8/h4,8,13H,2-3,5-6H2,1H3,(H,14,15). The van der Waals surface area contributed by atoms with Crippen LogP contribution in [0.2, 0.25) is 0 Å². The number of hydrogen-bond donors (Lipinski definition) is 2. The second-order valence-corrected chi connectivity index (χ2v) is 6.51. The maximum Gasteiger partial charge on any atom is 0.261 e. The van der Waals surface area contributed by atoms with Crippen LogP contribution in [0, 0.1) is 12.8 Å². The van der Waals surface area contributed by atoms with Gasteiger partial charge in [0, 0.05) is 6.54 Å². The van der Waals surface area contributed by atoms with E-state index in [2.05, 4.69) is 26.6 Å². The quantitative estimate of drug-likeness (QED) is 0.898. The van der Waals surface area contributed by atoms with Crippen molar-refractivity contribution in [2.24, 2.45) is 5.92 Å². The van der Waals surface area contributed by atoms with Crippen molar-refractivity contribution in [1.29, 1.82) is 0 Å². The van der Waals surface area contributed by atoms with Crippen LogP contribution in [-0.2, 0) is 0 Å². The molecule has 1 fully saturated rings. The number of carbonyl (C=O) groups excluding carboxylic acids is 1. The lowest BCUT2D eigenvalue weighted by molar-refractivity contribution is 0.0952. The molecule has 1 saturated heterocycles. The van der Waals surface area contributed by atoms with Gasteiger partial charge in [0.2, 0.25) is 0 Å². The van der Waals surface area contributed by atoms with Gasteiger partial charge in [-0.25, -0.2) is 0 Å². The lowest BCUT2D eigenvalue weighted by Crippen LogP contribution is -2.29. The molecule has 1 aliphatic heterocycles. The number of hydrogen-bond acceptors (Lipinski definition) is 3. The van der Waals surface area contributed by atoms with Crippen molar-refractivity contribution in [3.05, 3.63) is 20.3 Å². The average Bonchev–Trinajstić information content (AvgIpc) is 2.86. The van der Waals surface area contributed by atoms with E-state index in [0.29, 0.717) is 5.92 Å². The fourth-order valence-corrected chi connectivity index (χ4v) is 3.24. The predicted octanol–water partition coefficient (Wildman–Crippen LogP) is 2.16. The van der Waals surface area contributed by atoms with E-state index in [1.165, 1.54) is 11.3 Å². The molecule has 2 N–H and O–H groups in total. The van der Waals surface area contributed by atoms with E-state index in [-0.39, 0.29) is 5.91 Å². The van der Waals surface area contributed by atoms with Crippen molar-refractivity contribution in [3.8, 4) is 0 Å². The summed E-state index contributed by atoms with van der Waals surface area (Å²) in [5.74, 6) is 0.638. The highest BCUT2D eigenvalue weighted by molar-refractivity contribution is 9.11. The lowest BCUT2D eigenvalue weighted by Gasteiger charge is -2.08. The molecule has 1 aliphatic rings. The molecule has 0 spiro atoms. The molecule has 0 aromatic carbocycles. The highest BCUT2D eigenvalue weighted by atomic mass is 79.9. The van der Waals surface area contributed by atoms with E-state index in [1.807, 2.05) is 13.0 Å². The summed E-state index contributed by atoms with van der Waals surface area (Å²) in [6, 6.07) is 1.93. The first-order chi connectivity index (χ1) is 7.66. The van der Waals surface area contributed by atoms with Crippen molar-refractivity contribution in [1.82, 2.24) is 10.6 Å². The highest BCUT2D eigenvalue weighted by Gasteiger charge is 2.16. The van der Waals surface area contributed by atoms with E-state index >= 15 is 0 Å². The van der Waals surface area contributed by atoms with E-state index in [9.17, 15) is 4.79 Å². The maximum atomic E-state index is 11.8. The van der Waals surface area contributed by atoms with Crippen LogP contribution >= 0.6 is 27.3 Å². The summed E-state index contributed by atoms with van der Waals surface area (Å²) in [5, 5.41) is 6.28. The number of thiophene rings is 1. The third-order valence-electron chi connectivity index (χ3n) is 2.79. The molecule has 3 nitrogen and oxygen atoms in total. The number of nitrogens with one attached hydrogen (secondary N) is 2. The minimum absolute atomic E-state index is 0.0469. The summed E-state index contributed by atoms with van der Waals surface area (Å²) in [4.78, 5) is 12.6. The molecule has 88 valence electrons. The molecule has 1 amide bonds. The van der Waals surface area contributed by atoms with E-state index < -0.39 is 0 Å². The van der Waals surface area contributed by atoms with Gasteiger partial charge in [-0.1, -0.05) is 0 Å². The fourth-order valence-electron chi connectivity index (χ4n) is 1.78. The third-order valence-corrected chi connectivity index (χ3v) is 4.93. The Morgan fingerprint density at radius 2 is 2.56 bits per heavy atom. The van der Waals surface area contributed by atoms with Crippen LogP contribution in [0.3, 0.4) is 0 Å². The molecule has 0 radical (unpaired) electrons. The Labute approximate surface area is 108 Å². The van der Waals surface area contributed by atoms with Gasteiger partial charge < -0.3 is 10.6 Å². The van der Waals surface area contributed by atoms with Crippen LogP contribution in [0.15, 0.2) is 9.85 Å². The van der Waals surface area contributed by atoms with Crippen LogP contribution in [0.1, 0.15) is 21.7 Å². The molecule has 1 aromatic rings. The number of halogens is 1. The second-order valence-electron chi connectivity index (χ2n) is 4.14. The van der Waals surface area contributed by atoms with Gasteiger partial charge in [-0.3, -0.25) is 4.79 Å². The summed E-state index contributed by atoms with van der Waals surface area (Å²) in [6.45, 7) is 4.87. The van der Waals surface area contributed by atoms with Crippen molar-refractivity contribution in [2.75, 3.05) is 19.6 Å². The first-order valence-electron chi connectivity index (χ1n) is 5.41. The zero-order valence-corrected chi connectivity index (χ0v) is 11.6. The van der Waals surface area contributed by atoms with Gasteiger partial charge in [0.25, 0.3) is 5.91 Å². The summed E-state index contributed by atoms with van der Waals surface area (Å²) in [5.41, 5.74) is 1.12. The Morgan fingerprint density at radius 1 is 1.75 bits per heavy atom. The van der Waals surface area contributed by atoms with Gasteiger partial charge in [-0.05, 0) is 59.9 Å². The predicted molar refractivity (Wildman–Crippen MR) is 70.1 cm³/mol. The van der Waals surface area contributed by atoms with Crippen molar-refractivity contribution < 1.29 is 4.79 Å². The molecular formula is C11H15BrN2OS. The Hall–Kier alpha value is -0.390. The molecule has 0 bridgehead atoms. The smallest absolute Gasteiger partial charge is 0.261 e. The monoisotopic (exact) mass is 302 g/mol. The average molecular weight is 303 g/mol. The first kappa shape index (κ1) is 12.1. The normalized spacial score (nSPS) is 20.0. The van der Waals surface area contributed by atoms with Crippen molar-refractivity contribution in [3.63, 3.8) is 0 Å². The minimum Gasteiger partial charge on any atom is -0.351 e. The van der Waals surface area contributed by atoms with Crippen LogP contribution < -0.4 is 10.6 Å². The van der Waals surface area contributed by atoms with Crippen molar-refractivity contribution in [2.45, 2.75) is 13.3 Å². The number of aryl methyl sites for hydroxylation is 1. The SMILES string of the molecule is Cc1cc(C(=O)NCC2CCNC2)sc1Br. The molecule has 1 unspecified atom stereocenters. The Balaban J connectivity index is 1.87. The third kappa shape index (κ3) is 2.84. The summed E-state index contributed by atoms with van der Waals surface area (Å²) < 4.78 is 1.04. The molecule has 0 aliphatic carbocycles. The zero-order chi connectivity index (χ0) is 11.5. The van der Waals surface area contributed by atoms with Gasteiger partial charge in [0.15, 0.2) is 0 Å². The minimum atomic E-state index is 0.0469. The summed E-state index contributed by atoms with van der Waals surface area (Å²) in [6.07, 6.45) is 1.16. The Morgan fingerprint density at radius 3 is 3.12 bits per heavy atom. The van der Waals surface area contributed by atoms with Crippen LogP contribution in [0.4, 0.5) is 0 Å². The van der Waals surface area contributed by atoms with Crippen LogP contribution in [0.25, 0.3) is 0 Å². The van der Waals surface area contributed by atoms with Gasteiger partial charge in [0.1, 0.15) is 0 Å². The summed E-state index contributed by atoms with van der Waals surface area (Å²) in [7, 11) is 0. The van der Waals surface area contributed by atoms with Gasteiger partial charge in [-0.15, -0.1) is 11.3 Å². The molecule has 0 saturated carbocycles. The molecule has 5 heteroatoms. The number of carbonyl (C=O) groups is 1. The maximum absolute atomic E-state index is 11.8. The molecule has 2 heterocycles. The molecule has 1 atom stereocenters. The topological polar surface area (TPSA) is 41.1 Å². The van der Waals surface area contributed by atoms with E-state index in [1.54, 1.807) is 0 Å². The van der Waals surface area contributed by atoms with Crippen LogP contribution in [0.5, 0.6) is 0 Å². The first-order valence-corrected chi connectivity index (χ1v) is 7.02. The highest BCUT2D eigenvalue weighted by Crippen LogP contribution is 2.27. The Bertz CT molecular complexity index is 366. The number of rotatable bonds is 3. The zero-order valence-electron chi connectivity index (χ0n) is 9.18. The van der Waals surface area contributed by atoms with Gasteiger partial charge >= 0.3 is 0 Å². The molecule has 1 aromatic heterocycles.